The minimum atomic E-state index is -0.630. The molecular formula is C16H25ClFN3O3. The van der Waals surface area contributed by atoms with Crippen molar-refractivity contribution in [2.75, 3.05) is 26.7 Å². The highest BCUT2D eigenvalue weighted by Gasteiger charge is 2.18. The van der Waals surface area contributed by atoms with Crippen molar-refractivity contribution >= 4 is 24.2 Å². The lowest BCUT2D eigenvalue weighted by molar-refractivity contribution is -0.132. The van der Waals surface area contributed by atoms with E-state index < -0.39 is 6.04 Å². The molecule has 0 aliphatic heterocycles. The fraction of sp³-hybridized carbons (Fsp3) is 0.500. The van der Waals surface area contributed by atoms with Crippen LogP contribution in [0.25, 0.3) is 0 Å². The van der Waals surface area contributed by atoms with Crippen LogP contribution in [-0.2, 0) is 9.59 Å². The van der Waals surface area contributed by atoms with Crippen LogP contribution in [0.15, 0.2) is 24.3 Å². The third-order valence-corrected chi connectivity index (χ3v) is 3.37. The summed E-state index contributed by atoms with van der Waals surface area (Å²) in [6.07, 6.45) is 0. The summed E-state index contributed by atoms with van der Waals surface area (Å²) < 4.78 is 18.2. The average molecular weight is 362 g/mol. The number of nitrogens with one attached hydrogen (secondary N) is 1. The lowest BCUT2D eigenvalue weighted by Crippen LogP contribution is -2.47. The molecule has 0 aromatic heterocycles. The second kappa shape index (κ2) is 10.8. The van der Waals surface area contributed by atoms with Gasteiger partial charge in [-0.2, -0.15) is 0 Å². The number of likely N-dealkylation sites (N-methyl/N-ethyl adjacent to an activating group) is 1. The summed E-state index contributed by atoms with van der Waals surface area (Å²) in [5.41, 5.74) is 5.69. The lowest BCUT2D eigenvalue weighted by atomic mass is 10.1. The van der Waals surface area contributed by atoms with Crippen LogP contribution in [0.5, 0.6) is 5.75 Å². The van der Waals surface area contributed by atoms with Crippen LogP contribution in [-0.4, -0.2) is 49.5 Å². The van der Waals surface area contributed by atoms with Crippen LogP contribution >= 0.6 is 12.4 Å². The van der Waals surface area contributed by atoms with Gasteiger partial charge < -0.3 is 20.7 Å². The molecule has 1 rings (SSSR count). The molecule has 1 aromatic rings. The van der Waals surface area contributed by atoms with E-state index in [1.54, 1.807) is 7.05 Å². The molecule has 0 fully saturated rings. The van der Waals surface area contributed by atoms with Crippen molar-refractivity contribution in [3.63, 3.8) is 0 Å². The maximum Gasteiger partial charge on any atom is 0.241 e. The molecule has 1 atom stereocenters. The molecule has 6 nitrogen and oxygen atoms in total. The standard InChI is InChI=1S/C16H24FN3O3.ClH/c1-11(2)15(18)16(22)19-10-14(21)20(3)8-9-23-13-6-4-12(17)5-7-13;/h4-7,11,15H,8-10,18H2,1-3H3,(H,19,22);1H/t15-;/m0./s1. The number of ether oxygens (including phenoxy) is 1. The molecule has 0 aliphatic rings. The number of nitrogens with two attached hydrogens (primary N) is 1. The SMILES string of the molecule is CC(C)[C@H](N)C(=O)NCC(=O)N(C)CCOc1ccc(F)cc1.Cl. The summed E-state index contributed by atoms with van der Waals surface area (Å²) >= 11 is 0. The van der Waals surface area contributed by atoms with Gasteiger partial charge in [0, 0.05) is 7.05 Å². The molecule has 2 amide bonds. The van der Waals surface area contributed by atoms with E-state index in [4.69, 9.17) is 10.5 Å². The van der Waals surface area contributed by atoms with Crippen molar-refractivity contribution in [3.05, 3.63) is 30.1 Å². The van der Waals surface area contributed by atoms with E-state index in [9.17, 15) is 14.0 Å². The third-order valence-electron chi connectivity index (χ3n) is 3.37. The Morgan fingerprint density at radius 2 is 1.88 bits per heavy atom. The Bertz CT molecular complexity index is 526. The largest absolute Gasteiger partial charge is 0.492 e. The van der Waals surface area contributed by atoms with Gasteiger partial charge in [-0.15, -0.1) is 12.4 Å². The van der Waals surface area contributed by atoms with Gasteiger partial charge in [-0.3, -0.25) is 9.59 Å². The first-order valence-electron chi connectivity index (χ1n) is 7.47. The van der Waals surface area contributed by atoms with Gasteiger partial charge in [0.25, 0.3) is 0 Å². The van der Waals surface area contributed by atoms with Crippen LogP contribution in [0.4, 0.5) is 4.39 Å². The van der Waals surface area contributed by atoms with Crippen molar-refractivity contribution in [1.82, 2.24) is 10.2 Å². The molecule has 0 unspecified atom stereocenters. The smallest absolute Gasteiger partial charge is 0.241 e. The number of halogens is 2. The Kier molecular flexibility index (Phi) is 9.99. The highest BCUT2D eigenvalue weighted by atomic mass is 35.5. The number of carbonyl (C=O) groups excluding carboxylic acids is 2. The van der Waals surface area contributed by atoms with Gasteiger partial charge in [0.2, 0.25) is 11.8 Å². The van der Waals surface area contributed by atoms with Gasteiger partial charge >= 0.3 is 0 Å². The van der Waals surface area contributed by atoms with E-state index in [2.05, 4.69) is 5.32 Å². The molecule has 0 saturated heterocycles. The molecule has 0 aliphatic carbocycles. The fourth-order valence-corrected chi connectivity index (χ4v) is 1.67. The Morgan fingerprint density at radius 3 is 2.42 bits per heavy atom. The highest BCUT2D eigenvalue weighted by Crippen LogP contribution is 2.10. The van der Waals surface area contributed by atoms with Gasteiger partial charge in [0.05, 0.1) is 19.1 Å². The van der Waals surface area contributed by atoms with E-state index in [0.717, 1.165) is 0 Å². The van der Waals surface area contributed by atoms with E-state index >= 15 is 0 Å². The molecular weight excluding hydrogens is 337 g/mol. The van der Waals surface area contributed by atoms with Gasteiger partial charge in [0.1, 0.15) is 18.2 Å². The second-order valence-corrected chi connectivity index (χ2v) is 5.61. The zero-order chi connectivity index (χ0) is 17.4. The van der Waals surface area contributed by atoms with Crippen molar-refractivity contribution < 1.29 is 18.7 Å². The zero-order valence-electron chi connectivity index (χ0n) is 14.1. The number of rotatable bonds is 8. The van der Waals surface area contributed by atoms with Gasteiger partial charge in [-0.1, -0.05) is 13.8 Å². The predicted octanol–water partition coefficient (Wildman–Crippen LogP) is 1.18. The minimum absolute atomic E-state index is 0. The molecule has 24 heavy (non-hydrogen) atoms. The fourth-order valence-electron chi connectivity index (χ4n) is 1.67. The van der Waals surface area contributed by atoms with Crippen molar-refractivity contribution in [1.29, 1.82) is 0 Å². The lowest BCUT2D eigenvalue weighted by Gasteiger charge is -2.19. The first kappa shape index (κ1) is 22.1. The van der Waals surface area contributed by atoms with E-state index in [-0.39, 0.29) is 49.1 Å². The maximum atomic E-state index is 12.7. The molecule has 0 spiro atoms. The maximum absolute atomic E-state index is 12.7. The first-order chi connectivity index (χ1) is 10.8. The number of hydrogen-bond donors (Lipinski definition) is 2. The third kappa shape index (κ3) is 7.61. The summed E-state index contributed by atoms with van der Waals surface area (Å²) in [5, 5.41) is 2.52. The Hall–Kier alpha value is -1.86. The Morgan fingerprint density at radius 1 is 1.29 bits per heavy atom. The summed E-state index contributed by atoms with van der Waals surface area (Å²) in [4.78, 5) is 25.0. The van der Waals surface area contributed by atoms with Crippen molar-refractivity contribution in [2.45, 2.75) is 19.9 Å². The first-order valence-corrected chi connectivity index (χ1v) is 7.47. The summed E-state index contributed by atoms with van der Waals surface area (Å²) in [6.45, 7) is 4.19. The number of amides is 2. The monoisotopic (exact) mass is 361 g/mol. The van der Waals surface area contributed by atoms with Crippen LogP contribution in [0, 0.1) is 11.7 Å². The molecule has 0 saturated carbocycles. The molecule has 8 heteroatoms. The minimum Gasteiger partial charge on any atom is -0.492 e. The molecule has 0 radical (unpaired) electrons. The number of hydrogen-bond acceptors (Lipinski definition) is 4. The van der Waals surface area contributed by atoms with Gasteiger partial charge in [0.15, 0.2) is 0 Å². The van der Waals surface area contributed by atoms with Crippen LogP contribution in [0.3, 0.4) is 0 Å². The van der Waals surface area contributed by atoms with Gasteiger partial charge in [-0.05, 0) is 30.2 Å². The van der Waals surface area contributed by atoms with Crippen molar-refractivity contribution in [2.24, 2.45) is 11.7 Å². The molecule has 3 N–H and O–H groups in total. The summed E-state index contributed by atoms with van der Waals surface area (Å²) in [7, 11) is 1.62. The van der Waals surface area contributed by atoms with Crippen LogP contribution in [0.2, 0.25) is 0 Å². The van der Waals surface area contributed by atoms with Gasteiger partial charge in [-0.25, -0.2) is 4.39 Å². The molecule has 0 heterocycles. The molecule has 1 aromatic carbocycles. The number of carbonyl (C=O) groups is 2. The second-order valence-electron chi connectivity index (χ2n) is 5.61. The topological polar surface area (TPSA) is 84.7 Å². The predicted molar refractivity (Wildman–Crippen MR) is 92.6 cm³/mol. The van der Waals surface area contributed by atoms with Crippen molar-refractivity contribution in [3.8, 4) is 5.75 Å². The quantitative estimate of drug-likeness (QED) is 0.728. The van der Waals surface area contributed by atoms with Crippen LogP contribution in [0.1, 0.15) is 13.8 Å². The Labute approximate surface area is 147 Å². The van der Waals surface area contributed by atoms with E-state index in [0.29, 0.717) is 12.3 Å². The normalized spacial score (nSPS) is 11.4. The average Bonchev–Trinajstić information content (AvgIpc) is 2.53. The molecule has 136 valence electrons. The van der Waals surface area contributed by atoms with Crippen LogP contribution < -0.4 is 15.8 Å². The number of benzene rings is 1. The highest BCUT2D eigenvalue weighted by molar-refractivity contribution is 5.87. The van der Waals surface area contributed by atoms with E-state index in [1.165, 1.54) is 29.2 Å². The summed E-state index contributed by atoms with van der Waals surface area (Å²) in [5.74, 6) is -0.378. The summed E-state index contributed by atoms with van der Waals surface area (Å²) in [6, 6.07) is 5.01. The molecule has 0 bridgehead atoms. The van der Waals surface area contributed by atoms with E-state index in [1.807, 2.05) is 13.8 Å². The number of nitrogens with zero attached hydrogens (tertiary/aromatic N) is 1. The zero-order valence-corrected chi connectivity index (χ0v) is 14.9. The Balaban J connectivity index is 0.00000529.